The van der Waals surface area contributed by atoms with Gasteiger partial charge in [0.15, 0.2) is 5.69 Å². The highest BCUT2D eigenvalue weighted by Crippen LogP contribution is 2.34. The number of rotatable bonds is 3. The van der Waals surface area contributed by atoms with Crippen molar-refractivity contribution in [2.24, 2.45) is 0 Å². The maximum absolute atomic E-state index is 13.5. The van der Waals surface area contributed by atoms with Crippen molar-refractivity contribution in [3.8, 4) is 28.5 Å². The Kier molecular flexibility index (Phi) is 5.30. The predicted molar refractivity (Wildman–Crippen MR) is 107 cm³/mol. The Morgan fingerprint density at radius 3 is 2.06 bits per heavy atom. The maximum Gasteiger partial charge on any atom is 0.433 e. The van der Waals surface area contributed by atoms with E-state index < -0.39 is 23.6 Å². The van der Waals surface area contributed by atoms with E-state index >= 15 is 0 Å². The van der Waals surface area contributed by atoms with E-state index in [1.54, 1.807) is 19.1 Å². The van der Waals surface area contributed by atoms with Gasteiger partial charge in [0.1, 0.15) is 12.1 Å². The third kappa shape index (κ3) is 4.49. The van der Waals surface area contributed by atoms with Crippen LogP contribution in [0.25, 0.3) is 28.5 Å². The van der Waals surface area contributed by atoms with E-state index in [0.29, 0.717) is 28.8 Å². The summed E-state index contributed by atoms with van der Waals surface area (Å²) in [5.74, 6) is -0.0439. The summed E-state index contributed by atoms with van der Waals surface area (Å²) in [5.41, 5.74) is 4.72. The van der Waals surface area contributed by atoms with Crippen LogP contribution in [0.2, 0.25) is 0 Å². The molecular weight excluding hydrogens is 450 g/mol. The van der Waals surface area contributed by atoms with E-state index in [0.717, 1.165) is 24.3 Å². The van der Waals surface area contributed by atoms with Gasteiger partial charge in [-0.1, -0.05) is 12.1 Å². The fourth-order valence-electron chi connectivity index (χ4n) is 3.11. The number of hydrogen-bond donors (Lipinski definition) is 1. The lowest BCUT2D eigenvalue weighted by Gasteiger charge is -2.13. The average molecular weight is 464 g/mol. The molecule has 1 aromatic carbocycles. The van der Waals surface area contributed by atoms with Crippen LogP contribution >= 0.6 is 0 Å². The zero-order valence-corrected chi connectivity index (χ0v) is 16.8. The Labute approximate surface area is 182 Å². The van der Waals surface area contributed by atoms with Crippen molar-refractivity contribution in [1.29, 1.82) is 0 Å². The van der Waals surface area contributed by atoms with Crippen molar-refractivity contribution in [1.82, 2.24) is 24.5 Å². The number of anilines is 1. The smallest absolute Gasteiger partial charge is 0.384 e. The summed E-state index contributed by atoms with van der Waals surface area (Å²) in [4.78, 5) is 16.0. The largest absolute Gasteiger partial charge is 0.433 e. The summed E-state index contributed by atoms with van der Waals surface area (Å²) in [6.45, 7) is 1.61. The molecule has 3 heterocycles. The molecule has 0 spiro atoms. The van der Waals surface area contributed by atoms with Crippen molar-refractivity contribution >= 4 is 5.82 Å². The molecular formula is C21H14F6N6. The molecule has 0 amide bonds. The van der Waals surface area contributed by atoms with Crippen LogP contribution in [0, 0.1) is 6.92 Å². The number of alkyl halides is 6. The number of aromatic nitrogens is 5. The number of hydrogen-bond acceptors (Lipinski definition) is 5. The molecule has 0 saturated carbocycles. The molecule has 4 rings (SSSR count). The minimum absolute atomic E-state index is 0.0675. The quantitative estimate of drug-likeness (QED) is 0.415. The van der Waals surface area contributed by atoms with Gasteiger partial charge in [0.2, 0.25) is 5.95 Å². The molecule has 2 N–H and O–H groups in total. The van der Waals surface area contributed by atoms with Crippen molar-refractivity contribution in [3.05, 3.63) is 71.9 Å². The Balaban J connectivity index is 1.82. The SMILES string of the molecule is Cc1c(-c2ccc(N)nc2)ncn1-c1nc(-c2ccc(C(F)(F)F)cc2)cc(C(F)(F)F)n1. The van der Waals surface area contributed by atoms with Crippen LogP contribution in [0.5, 0.6) is 0 Å². The fourth-order valence-corrected chi connectivity index (χ4v) is 3.11. The van der Waals surface area contributed by atoms with E-state index in [2.05, 4.69) is 19.9 Å². The lowest BCUT2D eigenvalue weighted by Crippen LogP contribution is -2.13. The summed E-state index contributed by atoms with van der Waals surface area (Å²) < 4.78 is 80.4. The molecule has 0 aliphatic carbocycles. The van der Waals surface area contributed by atoms with Crippen LogP contribution in [-0.4, -0.2) is 24.5 Å². The van der Waals surface area contributed by atoms with Gasteiger partial charge in [0.25, 0.3) is 0 Å². The van der Waals surface area contributed by atoms with Gasteiger partial charge in [0, 0.05) is 17.3 Å². The molecule has 4 aromatic rings. The Morgan fingerprint density at radius 1 is 0.818 bits per heavy atom. The fraction of sp³-hybridized carbons (Fsp3) is 0.143. The zero-order chi connectivity index (χ0) is 24.0. The molecule has 0 saturated heterocycles. The van der Waals surface area contributed by atoms with E-state index in [1.807, 2.05) is 0 Å². The van der Waals surface area contributed by atoms with Gasteiger partial charge in [0.05, 0.1) is 22.6 Å². The Morgan fingerprint density at radius 2 is 1.48 bits per heavy atom. The van der Waals surface area contributed by atoms with Gasteiger partial charge in [-0.15, -0.1) is 0 Å². The molecule has 0 radical (unpaired) electrons. The van der Waals surface area contributed by atoms with Crippen LogP contribution < -0.4 is 5.73 Å². The van der Waals surface area contributed by atoms with Crippen molar-refractivity contribution in [2.45, 2.75) is 19.3 Å². The number of nitrogens with zero attached hydrogens (tertiary/aromatic N) is 5. The molecule has 3 aromatic heterocycles. The normalized spacial score (nSPS) is 12.2. The van der Waals surface area contributed by atoms with Gasteiger partial charge in [-0.3, -0.25) is 4.57 Å². The van der Waals surface area contributed by atoms with Gasteiger partial charge in [-0.05, 0) is 37.3 Å². The second-order valence-corrected chi connectivity index (χ2v) is 7.03. The standard InChI is InChI=1S/C21H14F6N6/c1-11-18(13-4-7-17(28)29-9-13)30-10-33(11)19-31-15(8-16(32-19)21(25,26)27)12-2-5-14(6-3-12)20(22,23)24/h2-10H,1H3,(H2,28,29). The van der Waals surface area contributed by atoms with Crippen LogP contribution in [-0.2, 0) is 12.4 Å². The summed E-state index contributed by atoms with van der Waals surface area (Å²) in [6.07, 6.45) is -6.66. The van der Waals surface area contributed by atoms with Crippen LogP contribution in [0.4, 0.5) is 32.2 Å². The molecule has 0 fully saturated rings. The van der Waals surface area contributed by atoms with Crippen molar-refractivity contribution < 1.29 is 26.3 Å². The maximum atomic E-state index is 13.5. The second kappa shape index (κ2) is 7.87. The van der Waals surface area contributed by atoms with Gasteiger partial charge >= 0.3 is 12.4 Å². The molecule has 0 bridgehead atoms. The predicted octanol–water partition coefficient (Wildman–Crippen LogP) is 5.32. The number of imidazole rings is 1. The first-order valence-corrected chi connectivity index (χ1v) is 9.33. The number of benzene rings is 1. The number of pyridine rings is 1. The van der Waals surface area contributed by atoms with E-state index in [1.165, 1.54) is 17.1 Å². The molecule has 6 nitrogen and oxygen atoms in total. The van der Waals surface area contributed by atoms with Gasteiger partial charge < -0.3 is 5.73 Å². The van der Waals surface area contributed by atoms with Crippen LogP contribution in [0.3, 0.4) is 0 Å². The summed E-state index contributed by atoms with van der Waals surface area (Å²) in [5, 5.41) is 0. The summed E-state index contributed by atoms with van der Waals surface area (Å²) in [6, 6.07) is 7.56. The Hall–Kier alpha value is -3.96. The monoisotopic (exact) mass is 464 g/mol. The minimum Gasteiger partial charge on any atom is -0.384 e. The van der Waals surface area contributed by atoms with E-state index in [4.69, 9.17) is 5.73 Å². The van der Waals surface area contributed by atoms with E-state index in [9.17, 15) is 26.3 Å². The molecule has 0 unspecified atom stereocenters. The number of halogens is 6. The molecule has 170 valence electrons. The molecule has 0 aliphatic heterocycles. The third-order valence-corrected chi connectivity index (χ3v) is 4.79. The van der Waals surface area contributed by atoms with E-state index in [-0.39, 0.29) is 17.2 Å². The Bertz CT molecular complexity index is 1290. The van der Waals surface area contributed by atoms with Crippen molar-refractivity contribution in [2.75, 3.05) is 5.73 Å². The zero-order valence-electron chi connectivity index (χ0n) is 16.8. The molecule has 0 aliphatic rings. The molecule has 33 heavy (non-hydrogen) atoms. The second-order valence-electron chi connectivity index (χ2n) is 7.03. The first kappa shape index (κ1) is 22.2. The topological polar surface area (TPSA) is 82.5 Å². The van der Waals surface area contributed by atoms with Crippen LogP contribution in [0.1, 0.15) is 17.0 Å². The van der Waals surface area contributed by atoms with Crippen molar-refractivity contribution in [3.63, 3.8) is 0 Å². The van der Waals surface area contributed by atoms with Gasteiger partial charge in [-0.25, -0.2) is 19.9 Å². The molecule has 0 atom stereocenters. The summed E-state index contributed by atoms with van der Waals surface area (Å²) in [7, 11) is 0. The number of nitrogens with two attached hydrogens (primary N) is 1. The summed E-state index contributed by atoms with van der Waals surface area (Å²) >= 11 is 0. The highest BCUT2D eigenvalue weighted by atomic mass is 19.4. The third-order valence-electron chi connectivity index (χ3n) is 4.79. The first-order valence-electron chi connectivity index (χ1n) is 9.33. The first-order chi connectivity index (χ1) is 15.4. The van der Waals surface area contributed by atoms with Crippen LogP contribution in [0.15, 0.2) is 55.0 Å². The highest BCUT2D eigenvalue weighted by molar-refractivity contribution is 5.64. The van der Waals surface area contributed by atoms with Gasteiger partial charge in [-0.2, -0.15) is 26.3 Å². The lowest BCUT2D eigenvalue weighted by molar-refractivity contribution is -0.141. The minimum atomic E-state index is -4.81. The highest BCUT2D eigenvalue weighted by Gasteiger charge is 2.34. The average Bonchev–Trinajstić information content (AvgIpc) is 3.14. The number of nitrogen functional groups attached to an aromatic ring is 1. The molecule has 12 heteroatoms. The lowest BCUT2D eigenvalue weighted by atomic mass is 10.1.